The van der Waals surface area contributed by atoms with Gasteiger partial charge in [-0.25, -0.2) is 8.42 Å². The van der Waals surface area contributed by atoms with E-state index in [0.29, 0.717) is 34.5 Å². The number of carbonyl (C=O) groups excluding carboxylic acids is 1. The normalized spacial score (nSPS) is 19.4. The van der Waals surface area contributed by atoms with Gasteiger partial charge in [-0.1, -0.05) is 17.8 Å². The van der Waals surface area contributed by atoms with Crippen molar-refractivity contribution in [1.82, 2.24) is 14.8 Å². The third-order valence-electron chi connectivity index (χ3n) is 5.27. The zero-order valence-electron chi connectivity index (χ0n) is 16.3. The van der Waals surface area contributed by atoms with Gasteiger partial charge in [-0.3, -0.25) is 4.79 Å². The summed E-state index contributed by atoms with van der Waals surface area (Å²) >= 11 is 2.73. The minimum absolute atomic E-state index is 0.0768. The highest BCUT2D eigenvalue weighted by molar-refractivity contribution is 7.99. The van der Waals surface area contributed by atoms with E-state index in [1.807, 2.05) is 4.57 Å². The minimum atomic E-state index is -3.04. The summed E-state index contributed by atoms with van der Waals surface area (Å²) in [6.07, 6.45) is 5.15. The van der Waals surface area contributed by atoms with Gasteiger partial charge in [-0.15, -0.1) is 28.1 Å². The van der Waals surface area contributed by atoms with Crippen LogP contribution in [0.5, 0.6) is 0 Å². The van der Waals surface area contributed by atoms with E-state index in [2.05, 4.69) is 28.2 Å². The van der Waals surface area contributed by atoms with E-state index >= 15 is 0 Å². The highest BCUT2D eigenvalue weighted by Gasteiger charge is 2.33. The predicted octanol–water partition coefficient (Wildman–Crippen LogP) is 2.52. The topological polar surface area (TPSA) is 118 Å². The van der Waals surface area contributed by atoms with E-state index in [-0.39, 0.29) is 29.1 Å². The van der Waals surface area contributed by atoms with Crippen LogP contribution < -0.4 is 5.32 Å². The molecule has 2 aromatic heterocycles. The van der Waals surface area contributed by atoms with Crippen molar-refractivity contribution in [2.45, 2.75) is 43.3 Å². The minimum Gasteiger partial charge on any atom is -0.316 e. The average molecular weight is 464 g/mol. The van der Waals surface area contributed by atoms with Crippen LogP contribution in [0.3, 0.4) is 0 Å². The maximum Gasteiger partial charge on any atom is 0.235 e. The Kier molecular flexibility index (Phi) is 5.99. The van der Waals surface area contributed by atoms with Gasteiger partial charge in [0.05, 0.1) is 22.8 Å². The fourth-order valence-electron chi connectivity index (χ4n) is 3.91. The molecule has 158 valence electrons. The SMILES string of the molecule is C=CCn1c(SCC(=O)Nc2sc3c(c2C#N)CCC3)nnc1[C@H]1CCS(=O)(=O)C1. The number of amides is 1. The molecular weight excluding hydrogens is 442 g/mol. The molecule has 1 aliphatic heterocycles. The van der Waals surface area contributed by atoms with Gasteiger partial charge >= 0.3 is 0 Å². The number of nitrogens with one attached hydrogen (secondary N) is 1. The molecule has 1 N–H and O–H groups in total. The van der Waals surface area contributed by atoms with Gasteiger partial charge in [0.15, 0.2) is 15.0 Å². The molecule has 1 amide bonds. The molecule has 1 aliphatic carbocycles. The van der Waals surface area contributed by atoms with Gasteiger partial charge in [0, 0.05) is 17.3 Å². The second-order valence-corrected chi connectivity index (χ2v) is 11.6. The van der Waals surface area contributed by atoms with E-state index in [9.17, 15) is 18.5 Å². The van der Waals surface area contributed by atoms with Crippen LogP contribution in [-0.2, 0) is 34.0 Å². The van der Waals surface area contributed by atoms with E-state index in [1.165, 1.54) is 28.0 Å². The molecule has 0 spiro atoms. The number of fused-ring (bicyclic) bond motifs is 1. The molecule has 11 heteroatoms. The average Bonchev–Trinajstić information content (AvgIpc) is 3.44. The Balaban J connectivity index is 1.44. The molecule has 4 rings (SSSR count). The van der Waals surface area contributed by atoms with Crippen molar-refractivity contribution in [2.24, 2.45) is 0 Å². The highest BCUT2D eigenvalue weighted by atomic mass is 32.2. The molecule has 0 aromatic carbocycles. The van der Waals surface area contributed by atoms with Crippen molar-refractivity contribution in [3.63, 3.8) is 0 Å². The van der Waals surface area contributed by atoms with Crippen molar-refractivity contribution in [1.29, 1.82) is 5.26 Å². The first-order chi connectivity index (χ1) is 14.4. The van der Waals surface area contributed by atoms with E-state index in [0.717, 1.165) is 24.8 Å². The lowest BCUT2D eigenvalue weighted by Crippen LogP contribution is -2.15. The van der Waals surface area contributed by atoms with Crippen LogP contribution in [0.4, 0.5) is 5.00 Å². The monoisotopic (exact) mass is 463 g/mol. The van der Waals surface area contributed by atoms with Gasteiger partial charge in [0.2, 0.25) is 5.91 Å². The standard InChI is InChI=1S/C19H21N5O3S3/c1-2-7-24-17(12-6-8-30(26,27)11-12)22-23-19(24)28-10-16(25)21-18-14(9-20)13-4-3-5-15(13)29-18/h2,12H,1,3-8,10-11H2,(H,21,25)/t12-/m0/s1. The lowest BCUT2D eigenvalue weighted by atomic mass is 10.1. The summed E-state index contributed by atoms with van der Waals surface area (Å²) in [7, 11) is -3.04. The molecule has 1 saturated heterocycles. The van der Waals surface area contributed by atoms with Crippen molar-refractivity contribution in [3.05, 3.63) is 34.5 Å². The number of aryl methyl sites for hydroxylation is 1. The quantitative estimate of drug-likeness (QED) is 0.495. The summed E-state index contributed by atoms with van der Waals surface area (Å²) in [6.45, 7) is 4.20. The molecular formula is C19H21N5O3S3. The number of nitriles is 1. The van der Waals surface area contributed by atoms with Crippen LogP contribution in [0, 0.1) is 11.3 Å². The summed E-state index contributed by atoms with van der Waals surface area (Å²) in [4.78, 5) is 13.7. The van der Waals surface area contributed by atoms with Crippen molar-refractivity contribution >= 4 is 43.8 Å². The number of rotatable bonds is 7. The number of sulfone groups is 1. The van der Waals surface area contributed by atoms with Crippen LogP contribution in [0.25, 0.3) is 0 Å². The van der Waals surface area contributed by atoms with Gasteiger partial charge in [0.1, 0.15) is 16.9 Å². The molecule has 2 aliphatic rings. The van der Waals surface area contributed by atoms with Gasteiger partial charge in [-0.2, -0.15) is 5.26 Å². The molecule has 3 heterocycles. The molecule has 0 saturated carbocycles. The third-order valence-corrected chi connectivity index (χ3v) is 9.22. The largest absolute Gasteiger partial charge is 0.316 e. The number of aromatic nitrogens is 3. The Morgan fingerprint density at radius 3 is 2.97 bits per heavy atom. The Labute approximate surface area is 183 Å². The summed E-state index contributed by atoms with van der Waals surface area (Å²) in [5.41, 5.74) is 1.66. The Morgan fingerprint density at radius 2 is 2.27 bits per heavy atom. The molecule has 8 nitrogen and oxygen atoms in total. The first-order valence-electron chi connectivity index (χ1n) is 9.63. The predicted molar refractivity (Wildman–Crippen MR) is 117 cm³/mol. The summed E-state index contributed by atoms with van der Waals surface area (Å²) < 4.78 is 25.5. The molecule has 1 atom stereocenters. The first kappa shape index (κ1) is 21.1. The maximum absolute atomic E-state index is 12.5. The van der Waals surface area contributed by atoms with E-state index in [4.69, 9.17) is 0 Å². The lowest BCUT2D eigenvalue weighted by molar-refractivity contribution is -0.113. The second-order valence-electron chi connectivity index (χ2n) is 7.35. The first-order valence-corrected chi connectivity index (χ1v) is 13.3. The van der Waals surface area contributed by atoms with Crippen LogP contribution in [0.15, 0.2) is 17.8 Å². The number of carbonyl (C=O) groups is 1. The van der Waals surface area contributed by atoms with Gasteiger partial charge in [0.25, 0.3) is 0 Å². The smallest absolute Gasteiger partial charge is 0.235 e. The summed E-state index contributed by atoms with van der Waals surface area (Å²) in [6, 6.07) is 2.22. The second kappa shape index (κ2) is 8.53. The molecule has 0 radical (unpaired) electrons. The number of hydrogen-bond donors (Lipinski definition) is 1. The number of anilines is 1. The van der Waals surface area contributed by atoms with E-state index in [1.54, 1.807) is 6.08 Å². The van der Waals surface area contributed by atoms with E-state index < -0.39 is 9.84 Å². The Bertz CT molecular complexity index is 1140. The zero-order chi connectivity index (χ0) is 21.3. The van der Waals surface area contributed by atoms with Gasteiger partial charge in [-0.05, 0) is 31.2 Å². The number of thiophene rings is 1. The number of hydrogen-bond acceptors (Lipinski definition) is 8. The number of thioether (sulfide) groups is 1. The lowest BCUT2D eigenvalue weighted by Gasteiger charge is -2.11. The summed E-state index contributed by atoms with van der Waals surface area (Å²) in [5.74, 6) is 0.585. The van der Waals surface area contributed by atoms with Gasteiger partial charge < -0.3 is 9.88 Å². The molecule has 0 bridgehead atoms. The highest BCUT2D eigenvalue weighted by Crippen LogP contribution is 2.38. The number of allylic oxidation sites excluding steroid dienone is 1. The molecule has 1 fully saturated rings. The van der Waals surface area contributed by atoms with Crippen LogP contribution in [0.2, 0.25) is 0 Å². The molecule has 2 aromatic rings. The van der Waals surface area contributed by atoms with Crippen LogP contribution in [-0.4, -0.2) is 46.3 Å². The third kappa shape index (κ3) is 4.17. The number of nitrogens with zero attached hydrogens (tertiary/aromatic N) is 4. The maximum atomic E-state index is 12.5. The fraction of sp³-hybridized carbons (Fsp3) is 0.474. The molecule has 0 unspecified atom stereocenters. The fourth-order valence-corrected chi connectivity index (χ4v) is 7.66. The molecule has 30 heavy (non-hydrogen) atoms. The van der Waals surface area contributed by atoms with Crippen molar-refractivity contribution < 1.29 is 13.2 Å². The Hall–Kier alpha value is -2.16. The Morgan fingerprint density at radius 1 is 1.43 bits per heavy atom. The summed E-state index contributed by atoms with van der Waals surface area (Å²) in [5, 5.41) is 21.9. The van der Waals surface area contributed by atoms with Crippen LogP contribution in [0.1, 0.15) is 40.6 Å². The van der Waals surface area contributed by atoms with Crippen molar-refractivity contribution in [2.75, 3.05) is 22.6 Å². The van der Waals surface area contributed by atoms with Crippen molar-refractivity contribution in [3.8, 4) is 6.07 Å². The zero-order valence-corrected chi connectivity index (χ0v) is 18.7. The van der Waals surface area contributed by atoms with Crippen LogP contribution >= 0.6 is 23.1 Å².